The molecule has 0 atom stereocenters. The van der Waals surface area contributed by atoms with Crippen molar-refractivity contribution in [3.63, 3.8) is 0 Å². The molecule has 1 fully saturated rings. The summed E-state index contributed by atoms with van der Waals surface area (Å²) in [7, 11) is 24.1. The Balaban J connectivity index is 0. The molecule has 0 aromatic rings. The average molecular weight is 291 g/mol. The second kappa shape index (κ2) is 19.1. The van der Waals surface area contributed by atoms with Crippen LogP contribution in [0, 0.1) is 5.92 Å². The fourth-order valence-corrected chi connectivity index (χ4v) is 2.33. The summed E-state index contributed by atoms with van der Waals surface area (Å²) in [6.07, 6.45) is 3.63. The minimum Gasteiger partial charge on any atom is -0.300 e. The molecule has 1 aliphatic rings. The molecule has 0 N–H and O–H groups in total. The molecule has 0 spiro atoms. The number of hydrogen-bond donors (Lipinski definition) is 0. The molecule has 15 radical (unpaired) electrons. The van der Waals surface area contributed by atoms with Crippen molar-refractivity contribution in [3.8, 4) is 0 Å². The standard InChI is InChI=1S/C5H7B12OS.2Na/c6-7-8-9-10-11-12-13-14-15-16-17-19-3-4-1-5(18)2-4;;/h4H,1-3H2;;. The number of ketones is 1. The summed E-state index contributed by atoms with van der Waals surface area (Å²) >= 11 is 1.77. The van der Waals surface area contributed by atoms with Crippen LogP contribution in [0.15, 0.2) is 0 Å². The van der Waals surface area contributed by atoms with Crippen molar-refractivity contribution < 1.29 is 4.79 Å². The van der Waals surface area contributed by atoms with Crippen LogP contribution in [-0.2, 0) is 4.79 Å². The zero-order valence-electron chi connectivity index (χ0n) is 12.9. The smallest absolute Gasteiger partial charge is 0.134 e. The molecule has 0 aliphatic heterocycles. The predicted molar refractivity (Wildman–Crippen MR) is 111 cm³/mol. The molecule has 1 nitrogen and oxygen atoms in total. The largest absolute Gasteiger partial charge is 0.300 e. The summed E-state index contributed by atoms with van der Waals surface area (Å²) in [6.45, 7) is 0. The van der Waals surface area contributed by atoms with Gasteiger partial charge in [0, 0.05) is 150 Å². The summed E-state index contributed by atoms with van der Waals surface area (Å²) < 4.78 is 0. The van der Waals surface area contributed by atoms with Crippen LogP contribution in [0.3, 0.4) is 0 Å². The van der Waals surface area contributed by atoms with Crippen molar-refractivity contribution in [3.05, 3.63) is 0 Å². The molecule has 21 heavy (non-hydrogen) atoms. The molecule has 0 unspecified atom stereocenters. The van der Waals surface area contributed by atoms with E-state index in [0.29, 0.717) is 11.7 Å². The van der Waals surface area contributed by atoms with Crippen molar-refractivity contribution in [2.24, 2.45) is 5.92 Å². The van der Waals surface area contributed by atoms with Crippen molar-refractivity contribution >= 4 is 161 Å². The zero-order valence-corrected chi connectivity index (χ0v) is 17.8. The van der Waals surface area contributed by atoms with E-state index in [0.717, 1.165) is 18.6 Å². The number of rotatable bonds is 13. The first-order chi connectivity index (χ1) is 9.33. The third-order valence-corrected chi connectivity index (χ3v) is 3.55. The number of carbonyl (C=O) groups excluding carboxylic acids is 1. The molecule has 1 aliphatic carbocycles. The van der Waals surface area contributed by atoms with Gasteiger partial charge >= 0.3 is 0 Å². The topological polar surface area (TPSA) is 17.1 Å². The van der Waals surface area contributed by atoms with E-state index in [1.165, 1.54) is 7.06 Å². The molecule has 0 heterocycles. The maximum absolute atomic E-state index is 10.8. The Morgan fingerprint density at radius 1 is 0.905 bits per heavy atom. The molecule has 1 saturated carbocycles. The molecule has 16 heteroatoms. The third-order valence-electron chi connectivity index (χ3n) is 2.54. The van der Waals surface area contributed by atoms with Gasteiger partial charge in [-0.05, 0) is 11.7 Å². The van der Waals surface area contributed by atoms with Gasteiger partial charge in [-0.3, -0.25) is 4.79 Å². The van der Waals surface area contributed by atoms with E-state index in [-0.39, 0.29) is 59.1 Å². The van der Waals surface area contributed by atoms with Crippen LogP contribution in [0.5, 0.6) is 0 Å². The third kappa shape index (κ3) is 16.0. The summed E-state index contributed by atoms with van der Waals surface area (Å²) in [5, 5.41) is 0. The number of Topliss-reactive ketones (excluding diaryl/α,β-unsaturated/α-hetero) is 1. The van der Waals surface area contributed by atoms with E-state index in [4.69, 9.17) is 7.74 Å². The first-order valence-electron chi connectivity index (χ1n) is 6.33. The van der Waals surface area contributed by atoms with E-state index in [2.05, 4.69) is 6.45 Å². The van der Waals surface area contributed by atoms with Gasteiger partial charge in [-0.15, -0.1) is 0 Å². The van der Waals surface area contributed by atoms with Crippen molar-refractivity contribution in [2.45, 2.75) is 12.8 Å². The van der Waals surface area contributed by atoms with Gasteiger partial charge in [0.15, 0.2) is 0 Å². The molecule has 77 valence electrons. The normalized spacial score (nSPS) is 12.1. The Morgan fingerprint density at radius 2 is 1.38 bits per heavy atom. The summed E-state index contributed by atoms with van der Waals surface area (Å²) in [4.78, 5) is 10.8. The van der Waals surface area contributed by atoms with Crippen LogP contribution < -0.4 is 0 Å². The van der Waals surface area contributed by atoms with Gasteiger partial charge in [0.2, 0.25) is 0 Å². The molecular weight excluding hydrogens is 284 g/mol. The fraction of sp³-hybridized carbons (Fsp3) is 0.800. The molecule has 0 amide bonds. The average Bonchev–Trinajstić information content (AvgIpc) is 2.37. The summed E-state index contributed by atoms with van der Waals surface area (Å²) in [6, 6.07) is 0. The van der Waals surface area contributed by atoms with Crippen molar-refractivity contribution in [1.82, 2.24) is 0 Å². The van der Waals surface area contributed by atoms with Gasteiger partial charge in [0.05, 0.1) is 0 Å². The SMILES string of the molecule is [B][B][B][B][B][B][B][B][B][B][B][B]SCC1CC(=O)C1.[Na].[Na]. The molecular formula is C5H7B12Na2OS. The van der Waals surface area contributed by atoms with E-state index < -0.39 is 0 Å². The van der Waals surface area contributed by atoms with Gasteiger partial charge in [0.25, 0.3) is 0 Å². The second-order valence-electron chi connectivity index (χ2n) is 4.21. The van der Waals surface area contributed by atoms with Crippen LogP contribution in [-0.4, -0.2) is 155 Å². The first kappa shape index (κ1) is 26.0. The minimum absolute atomic E-state index is 0. The fourth-order valence-electron chi connectivity index (χ4n) is 1.51. The minimum atomic E-state index is 0. The van der Waals surface area contributed by atoms with Crippen molar-refractivity contribution in [1.29, 1.82) is 0 Å². The van der Waals surface area contributed by atoms with Crippen LogP contribution in [0.1, 0.15) is 12.8 Å². The van der Waals surface area contributed by atoms with Gasteiger partial charge in [-0.25, -0.2) is 11.6 Å². The summed E-state index contributed by atoms with van der Waals surface area (Å²) in [5.74, 6) is 2.07. The van der Waals surface area contributed by atoms with Gasteiger partial charge < -0.3 is 0 Å². The second-order valence-corrected chi connectivity index (χ2v) is 5.15. The maximum atomic E-state index is 10.8. The quantitative estimate of drug-likeness (QED) is 0.253. The molecule has 0 aromatic carbocycles. The van der Waals surface area contributed by atoms with E-state index in [9.17, 15) is 4.79 Å². The van der Waals surface area contributed by atoms with Crippen LogP contribution >= 0.6 is 11.6 Å². The van der Waals surface area contributed by atoms with Crippen molar-refractivity contribution in [2.75, 3.05) is 5.75 Å². The van der Waals surface area contributed by atoms with Gasteiger partial charge in [0.1, 0.15) is 12.2 Å². The number of hydrogen-bond acceptors (Lipinski definition) is 2. The Morgan fingerprint density at radius 3 is 1.86 bits per heavy atom. The van der Waals surface area contributed by atoms with Gasteiger partial charge in [-0.2, -0.15) is 0 Å². The zero-order chi connectivity index (χ0) is 13.8. The molecule has 0 saturated heterocycles. The van der Waals surface area contributed by atoms with E-state index in [1.807, 2.05) is 56.5 Å². The molecule has 1 rings (SSSR count). The Labute approximate surface area is 188 Å². The van der Waals surface area contributed by atoms with Crippen LogP contribution in [0.4, 0.5) is 0 Å². The van der Waals surface area contributed by atoms with E-state index in [1.54, 1.807) is 18.7 Å². The summed E-state index contributed by atoms with van der Waals surface area (Å²) in [5.41, 5.74) is 0. The molecule has 0 aromatic heterocycles. The van der Waals surface area contributed by atoms with Crippen LogP contribution in [0.25, 0.3) is 0 Å². The Hall–Kier alpha value is 2.80. The predicted octanol–water partition coefficient (Wildman–Crippen LogP) is -4.17. The number of carbonyl (C=O) groups is 1. The van der Waals surface area contributed by atoms with E-state index >= 15 is 0 Å². The monoisotopic (exact) mass is 293 g/mol. The first-order valence-corrected chi connectivity index (χ1v) is 7.38. The maximum Gasteiger partial charge on any atom is 0.134 e. The Bertz CT molecular complexity index is 244. The molecule has 0 bridgehead atoms. The van der Waals surface area contributed by atoms with Gasteiger partial charge in [-0.1, -0.05) is 0 Å². The van der Waals surface area contributed by atoms with Crippen LogP contribution in [0.2, 0.25) is 0 Å². The Kier molecular flexibility index (Phi) is 23.7.